The number of methoxy groups -OCH3 is 1. The minimum atomic E-state index is 0.499. The van der Waals surface area contributed by atoms with Crippen molar-refractivity contribution in [2.45, 2.75) is 6.92 Å². The van der Waals surface area contributed by atoms with Gasteiger partial charge in [0.05, 0.1) is 24.2 Å². The molecule has 0 amide bonds. The van der Waals surface area contributed by atoms with E-state index in [2.05, 4.69) is 9.98 Å². The third kappa shape index (κ3) is 2.58. The molecule has 5 heteroatoms. The van der Waals surface area contributed by atoms with Crippen LogP contribution in [0.2, 0.25) is 0 Å². The van der Waals surface area contributed by atoms with E-state index < -0.39 is 0 Å². The molecule has 0 saturated carbocycles. The quantitative estimate of drug-likeness (QED) is 0.589. The van der Waals surface area contributed by atoms with Crippen LogP contribution in [0.5, 0.6) is 5.75 Å². The van der Waals surface area contributed by atoms with Crippen LogP contribution >= 0.6 is 0 Å². The van der Waals surface area contributed by atoms with Gasteiger partial charge in [-0.15, -0.1) is 0 Å². The maximum absolute atomic E-state index is 5.82. The monoisotopic (exact) mass is 281 g/mol. The van der Waals surface area contributed by atoms with Gasteiger partial charge < -0.3 is 14.9 Å². The maximum atomic E-state index is 5.82. The maximum Gasteiger partial charge on any atom is 0.231 e. The number of oxazole rings is 1. The number of para-hydroxylation sites is 1. The Balaban J connectivity index is 2.11. The number of amidine groups is 1. The summed E-state index contributed by atoms with van der Waals surface area (Å²) in [5, 5.41) is 0. The highest BCUT2D eigenvalue weighted by Gasteiger charge is 2.12. The Morgan fingerprint density at radius 2 is 2.05 bits per heavy atom. The van der Waals surface area contributed by atoms with Gasteiger partial charge in [-0.05, 0) is 31.2 Å². The van der Waals surface area contributed by atoms with Crippen LogP contribution in [0.15, 0.2) is 51.9 Å². The zero-order valence-corrected chi connectivity index (χ0v) is 11.8. The molecule has 106 valence electrons. The molecule has 0 aliphatic heterocycles. The number of rotatable bonds is 3. The van der Waals surface area contributed by atoms with Crippen molar-refractivity contribution in [1.82, 2.24) is 4.98 Å². The van der Waals surface area contributed by atoms with Gasteiger partial charge in [-0.1, -0.05) is 12.1 Å². The van der Waals surface area contributed by atoms with E-state index >= 15 is 0 Å². The third-order valence-corrected chi connectivity index (χ3v) is 3.01. The fourth-order valence-corrected chi connectivity index (χ4v) is 2.12. The molecule has 0 spiro atoms. The number of nitrogens with zero attached hydrogens (tertiary/aromatic N) is 2. The van der Waals surface area contributed by atoms with Crippen LogP contribution in [-0.4, -0.2) is 17.9 Å². The van der Waals surface area contributed by atoms with E-state index in [1.807, 2.05) is 42.5 Å². The first-order valence-corrected chi connectivity index (χ1v) is 6.52. The van der Waals surface area contributed by atoms with E-state index in [4.69, 9.17) is 14.9 Å². The second kappa shape index (κ2) is 5.28. The molecule has 2 N–H and O–H groups in total. The lowest BCUT2D eigenvalue weighted by atomic mass is 10.2. The normalized spacial score (nSPS) is 11.8. The van der Waals surface area contributed by atoms with Crippen LogP contribution in [0.3, 0.4) is 0 Å². The van der Waals surface area contributed by atoms with Crippen LogP contribution < -0.4 is 10.5 Å². The fourth-order valence-electron chi connectivity index (χ4n) is 2.12. The molecule has 0 atom stereocenters. The van der Waals surface area contributed by atoms with Crippen LogP contribution in [0, 0.1) is 0 Å². The van der Waals surface area contributed by atoms with Gasteiger partial charge in [0.2, 0.25) is 5.89 Å². The Hall–Kier alpha value is -2.82. The summed E-state index contributed by atoms with van der Waals surface area (Å²) in [5.74, 6) is 1.74. The summed E-state index contributed by atoms with van der Waals surface area (Å²) in [6.07, 6.45) is 0. The van der Waals surface area contributed by atoms with Gasteiger partial charge in [0, 0.05) is 6.07 Å². The van der Waals surface area contributed by atoms with Crippen molar-refractivity contribution in [1.29, 1.82) is 0 Å². The highest BCUT2D eigenvalue weighted by Crippen LogP contribution is 2.32. The average molecular weight is 281 g/mol. The second-order valence-electron chi connectivity index (χ2n) is 4.62. The summed E-state index contributed by atoms with van der Waals surface area (Å²) < 4.78 is 11.2. The van der Waals surface area contributed by atoms with Gasteiger partial charge in [-0.3, -0.25) is 0 Å². The number of fused-ring (bicyclic) bond motifs is 1. The molecular weight excluding hydrogens is 266 g/mol. The smallest absolute Gasteiger partial charge is 0.231 e. The van der Waals surface area contributed by atoms with Gasteiger partial charge in [0.1, 0.15) is 11.3 Å². The highest BCUT2D eigenvalue weighted by molar-refractivity contribution is 5.84. The Labute approximate surface area is 122 Å². The van der Waals surface area contributed by atoms with Crippen LogP contribution in [-0.2, 0) is 0 Å². The topological polar surface area (TPSA) is 73.6 Å². The van der Waals surface area contributed by atoms with Gasteiger partial charge in [-0.2, -0.15) is 0 Å². The van der Waals surface area contributed by atoms with Crippen LogP contribution in [0.25, 0.3) is 22.6 Å². The molecule has 0 saturated heterocycles. The molecule has 5 nitrogen and oxygen atoms in total. The number of aliphatic imine (C=N–C) groups is 1. The molecule has 3 rings (SSSR count). The van der Waals surface area contributed by atoms with Crippen LogP contribution in [0.1, 0.15) is 6.92 Å². The van der Waals surface area contributed by atoms with Crippen molar-refractivity contribution in [3.05, 3.63) is 42.5 Å². The Morgan fingerprint density at radius 1 is 1.24 bits per heavy atom. The molecule has 21 heavy (non-hydrogen) atoms. The van der Waals surface area contributed by atoms with Crippen molar-refractivity contribution in [2.75, 3.05) is 7.11 Å². The molecule has 2 aromatic carbocycles. The molecule has 0 aliphatic rings. The van der Waals surface area contributed by atoms with Crippen molar-refractivity contribution >= 4 is 22.6 Å². The van der Waals surface area contributed by atoms with E-state index in [0.29, 0.717) is 17.3 Å². The van der Waals surface area contributed by atoms with Gasteiger partial charge in [-0.25, -0.2) is 9.98 Å². The van der Waals surface area contributed by atoms with Crippen molar-refractivity contribution in [3.63, 3.8) is 0 Å². The van der Waals surface area contributed by atoms with Gasteiger partial charge in [0.15, 0.2) is 5.58 Å². The predicted molar refractivity (Wildman–Crippen MR) is 83.0 cm³/mol. The number of hydrogen-bond donors (Lipinski definition) is 1. The number of ether oxygens (including phenoxy) is 1. The molecule has 3 aromatic rings. The number of benzene rings is 2. The van der Waals surface area contributed by atoms with Crippen molar-refractivity contribution in [2.24, 2.45) is 10.7 Å². The third-order valence-electron chi connectivity index (χ3n) is 3.01. The minimum Gasteiger partial charge on any atom is -0.496 e. The summed E-state index contributed by atoms with van der Waals surface area (Å²) in [6, 6.07) is 13.1. The summed E-state index contributed by atoms with van der Waals surface area (Å²) in [7, 11) is 1.62. The summed E-state index contributed by atoms with van der Waals surface area (Å²) in [6.45, 7) is 1.74. The molecule has 0 aliphatic carbocycles. The number of nitrogens with two attached hydrogens (primary N) is 1. The summed E-state index contributed by atoms with van der Waals surface area (Å²) in [4.78, 5) is 8.69. The second-order valence-corrected chi connectivity index (χ2v) is 4.62. The molecule has 0 radical (unpaired) electrons. The zero-order valence-electron chi connectivity index (χ0n) is 11.8. The first kappa shape index (κ1) is 13.2. The van der Waals surface area contributed by atoms with E-state index in [1.54, 1.807) is 14.0 Å². The van der Waals surface area contributed by atoms with Crippen molar-refractivity contribution < 1.29 is 9.15 Å². The van der Waals surface area contributed by atoms with E-state index in [1.165, 1.54) is 0 Å². The SMILES string of the molecule is COc1ccccc1-c1nc2ccc(N=C(C)N)cc2o1. The Bertz CT molecular complexity index is 817. The lowest BCUT2D eigenvalue weighted by Gasteiger charge is -2.03. The van der Waals surface area contributed by atoms with Gasteiger partial charge >= 0.3 is 0 Å². The van der Waals surface area contributed by atoms with E-state index in [9.17, 15) is 0 Å². The fraction of sp³-hybridized carbons (Fsp3) is 0.125. The molecule has 1 aromatic heterocycles. The molecule has 1 heterocycles. The first-order valence-electron chi connectivity index (χ1n) is 6.52. The highest BCUT2D eigenvalue weighted by atomic mass is 16.5. The predicted octanol–water partition coefficient (Wildman–Crippen LogP) is 3.51. The van der Waals surface area contributed by atoms with Crippen LogP contribution in [0.4, 0.5) is 5.69 Å². The van der Waals surface area contributed by atoms with Crippen molar-refractivity contribution in [3.8, 4) is 17.2 Å². The average Bonchev–Trinajstić information content (AvgIpc) is 2.89. The Morgan fingerprint density at radius 3 is 2.81 bits per heavy atom. The van der Waals surface area contributed by atoms with E-state index in [0.717, 1.165) is 22.5 Å². The molecule has 0 bridgehead atoms. The van der Waals surface area contributed by atoms with E-state index in [-0.39, 0.29) is 0 Å². The first-order chi connectivity index (χ1) is 10.2. The standard InChI is InChI=1S/C16H15N3O2/c1-10(17)18-11-7-8-13-15(9-11)21-16(19-13)12-5-3-4-6-14(12)20-2/h3-9H,1-2H3,(H2,17,18). The number of hydrogen-bond acceptors (Lipinski definition) is 4. The molecule has 0 unspecified atom stereocenters. The lowest BCUT2D eigenvalue weighted by molar-refractivity contribution is 0.414. The molecule has 0 fully saturated rings. The minimum absolute atomic E-state index is 0.499. The number of aromatic nitrogens is 1. The largest absolute Gasteiger partial charge is 0.496 e. The molecular formula is C16H15N3O2. The summed E-state index contributed by atoms with van der Waals surface area (Å²) in [5.41, 5.74) is 8.58. The zero-order chi connectivity index (χ0) is 14.8. The lowest BCUT2D eigenvalue weighted by Crippen LogP contribution is -2.03. The summed E-state index contributed by atoms with van der Waals surface area (Å²) >= 11 is 0. The van der Waals surface area contributed by atoms with Gasteiger partial charge in [0.25, 0.3) is 0 Å². The Kier molecular flexibility index (Phi) is 3.31.